The van der Waals surface area contributed by atoms with Gasteiger partial charge in [-0.15, -0.1) is 11.8 Å². The van der Waals surface area contributed by atoms with Crippen molar-refractivity contribution in [2.45, 2.75) is 11.0 Å². The fraction of sp³-hybridized carbons (Fsp3) is 0.125. The molecule has 0 fully saturated rings. The van der Waals surface area contributed by atoms with Crippen molar-refractivity contribution in [1.29, 1.82) is 0 Å². The van der Waals surface area contributed by atoms with Gasteiger partial charge in [0.25, 0.3) is 0 Å². The van der Waals surface area contributed by atoms with E-state index >= 15 is 0 Å². The zero-order chi connectivity index (χ0) is 14.1. The number of fused-ring (bicyclic) bond motifs is 1. The minimum absolute atomic E-state index is 0.183. The number of aliphatic hydroxyl groups excluding tert-OH is 1. The Bertz CT molecular complexity index is 734. The zero-order valence-corrected chi connectivity index (χ0v) is 11.7. The van der Waals surface area contributed by atoms with E-state index in [2.05, 4.69) is 0 Å². The molecule has 0 saturated carbocycles. The number of benzene rings is 2. The van der Waals surface area contributed by atoms with Crippen LogP contribution in [0.3, 0.4) is 0 Å². The van der Waals surface area contributed by atoms with Gasteiger partial charge in [0.15, 0.2) is 11.4 Å². The van der Waals surface area contributed by atoms with Crippen molar-refractivity contribution in [3.8, 4) is 0 Å². The molecule has 1 unspecified atom stereocenters. The van der Waals surface area contributed by atoms with Gasteiger partial charge in [-0.05, 0) is 36.1 Å². The van der Waals surface area contributed by atoms with Gasteiger partial charge in [-0.2, -0.15) is 0 Å². The van der Waals surface area contributed by atoms with Gasteiger partial charge < -0.3 is 9.52 Å². The Morgan fingerprint density at radius 1 is 1.15 bits per heavy atom. The van der Waals surface area contributed by atoms with E-state index in [4.69, 9.17) is 4.42 Å². The van der Waals surface area contributed by atoms with Gasteiger partial charge in [0.1, 0.15) is 11.9 Å². The van der Waals surface area contributed by atoms with Crippen LogP contribution in [0.5, 0.6) is 0 Å². The molecule has 1 N–H and O–H groups in total. The predicted octanol–water partition coefficient (Wildman–Crippen LogP) is 4.38. The molecule has 0 radical (unpaired) electrons. The monoisotopic (exact) mass is 288 g/mol. The summed E-state index contributed by atoms with van der Waals surface area (Å²) in [7, 11) is 0. The molecule has 0 saturated heterocycles. The van der Waals surface area contributed by atoms with E-state index in [-0.39, 0.29) is 5.58 Å². The van der Waals surface area contributed by atoms with Crippen molar-refractivity contribution in [3.63, 3.8) is 0 Å². The van der Waals surface area contributed by atoms with Crippen molar-refractivity contribution < 1.29 is 13.9 Å². The number of hydrogen-bond acceptors (Lipinski definition) is 3. The molecule has 3 rings (SSSR count). The molecule has 2 aromatic carbocycles. The molecule has 1 atom stereocenters. The van der Waals surface area contributed by atoms with Crippen LogP contribution in [0.15, 0.2) is 57.8 Å². The minimum Gasteiger partial charge on any atom is -0.455 e. The van der Waals surface area contributed by atoms with Crippen LogP contribution in [0.1, 0.15) is 17.4 Å². The summed E-state index contributed by atoms with van der Waals surface area (Å²) in [5.74, 6) is -0.0688. The summed E-state index contributed by atoms with van der Waals surface area (Å²) >= 11 is 1.64. The lowest BCUT2D eigenvalue weighted by molar-refractivity contribution is 0.192. The second-order valence-electron chi connectivity index (χ2n) is 4.48. The first-order valence-corrected chi connectivity index (χ1v) is 7.41. The molecule has 4 heteroatoms. The molecule has 3 aromatic rings. The highest BCUT2D eigenvalue weighted by Crippen LogP contribution is 2.30. The van der Waals surface area contributed by atoms with Gasteiger partial charge in [0.2, 0.25) is 0 Å². The van der Waals surface area contributed by atoms with Crippen LogP contribution in [-0.4, -0.2) is 11.4 Å². The summed E-state index contributed by atoms with van der Waals surface area (Å²) in [6, 6.07) is 14.0. The van der Waals surface area contributed by atoms with Crippen LogP contribution in [-0.2, 0) is 0 Å². The normalized spacial score (nSPS) is 12.8. The summed E-state index contributed by atoms with van der Waals surface area (Å²) in [5, 5.41) is 11.0. The standard InChI is InChI=1S/C16H13FO2S/c1-20-12-7-5-10(6-8-12)15(18)14-9-11-3-2-4-13(17)16(11)19-14/h2-9,15,18H,1H3. The summed E-state index contributed by atoms with van der Waals surface area (Å²) in [4.78, 5) is 1.12. The first-order valence-electron chi connectivity index (χ1n) is 6.19. The van der Waals surface area contributed by atoms with Crippen molar-refractivity contribution in [2.24, 2.45) is 0 Å². The molecule has 2 nitrogen and oxygen atoms in total. The lowest BCUT2D eigenvalue weighted by atomic mass is 10.1. The van der Waals surface area contributed by atoms with Crippen molar-refractivity contribution in [1.82, 2.24) is 0 Å². The molecular formula is C16H13FO2S. The summed E-state index contributed by atoms with van der Waals surface area (Å²) in [6.45, 7) is 0. The number of furan rings is 1. The first-order chi connectivity index (χ1) is 9.69. The molecule has 0 bridgehead atoms. The number of thioether (sulfide) groups is 1. The fourth-order valence-electron chi connectivity index (χ4n) is 2.13. The topological polar surface area (TPSA) is 33.4 Å². The molecule has 102 valence electrons. The summed E-state index contributed by atoms with van der Waals surface area (Å²) < 4.78 is 19.0. The largest absolute Gasteiger partial charge is 0.455 e. The van der Waals surface area contributed by atoms with Crippen LogP contribution in [0, 0.1) is 5.82 Å². The Morgan fingerprint density at radius 2 is 1.90 bits per heavy atom. The van der Waals surface area contributed by atoms with E-state index in [1.54, 1.807) is 30.0 Å². The zero-order valence-electron chi connectivity index (χ0n) is 10.8. The Hall–Kier alpha value is -1.78. The van der Waals surface area contributed by atoms with Gasteiger partial charge in [0, 0.05) is 10.3 Å². The lowest BCUT2D eigenvalue weighted by Crippen LogP contribution is -1.97. The molecule has 1 heterocycles. The number of para-hydroxylation sites is 1. The molecule has 0 aliphatic rings. The lowest BCUT2D eigenvalue weighted by Gasteiger charge is -2.08. The van der Waals surface area contributed by atoms with Crippen LogP contribution in [0.4, 0.5) is 4.39 Å². The maximum Gasteiger partial charge on any atom is 0.170 e. The van der Waals surface area contributed by atoms with Gasteiger partial charge >= 0.3 is 0 Å². The Morgan fingerprint density at radius 3 is 2.55 bits per heavy atom. The highest BCUT2D eigenvalue weighted by molar-refractivity contribution is 7.98. The maximum absolute atomic E-state index is 13.6. The van der Waals surface area contributed by atoms with Gasteiger partial charge in [-0.1, -0.05) is 24.3 Å². The quantitative estimate of drug-likeness (QED) is 0.726. The molecule has 20 heavy (non-hydrogen) atoms. The van der Waals surface area contributed by atoms with E-state index in [9.17, 15) is 9.50 Å². The van der Waals surface area contributed by atoms with E-state index in [0.717, 1.165) is 10.5 Å². The van der Waals surface area contributed by atoms with Crippen LogP contribution in [0.2, 0.25) is 0 Å². The average Bonchev–Trinajstić information content (AvgIpc) is 2.92. The molecule has 0 spiro atoms. The summed E-state index contributed by atoms with van der Waals surface area (Å²) in [6.07, 6.45) is 1.10. The predicted molar refractivity (Wildman–Crippen MR) is 78.5 cm³/mol. The third kappa shape index (κ3) is 2.32. The fourth-order valence-corrected chi connectivity index (χ4v) is 2.54. The van der Waals surface area contributed by atoms with Crippen molar-refractivity contribution in [3.05, 3.63) is 65.7 Å². The van der Waals surface area contributed by atoms with E-state index in [1.807, 2.05) is 30.5 Å². The number of hydrogen-bond donors (Lipinski definition) is 1. The third-order valence-electron chi connectivity index (χ3n) is 3.22. The van der Waals surface area contributed by atoms with E-state index < -0.39 is 11.9 Å². The molecule has 1 aromatic heterocycles. The first kappa shape index (κ1) is 13.2. The SMILES string of the molecule is CSc1ccc(C(O)c2cc3cccc(F)c3o2)cc1. The maximum atomic E-state index is 13.6. The molecule has 0 aliphatic carbocycles. The van der Waals surface area contributed by atoms with Crippen molar-refractivity contribution in [2.75, 3.05) is 6.26 Å². The highest BCUT2D eigenvalue weighted by atomic mass is 32.2. The highest BCUT2D eigenvalue weighted by Gasteiger charge is 2.17. The van der Waals surface area contributed by atoms with Gasteiger partial charge in [0.05, 0.1) is 0 Å². The average molecular weight is 288 g/mol. The number of aliphatic hydroxyl groups is 1. The number of halogens is 1. The van der Waals surface area contributed by atoms with E-state index in [0.29, 0.717) is 11.1 Å². The van der Waals surface area contributed by atoms with Crippen LogP contribution in [0.25, 0.3) is 11.0 Å². The Labute approximate surface area is 120 Å². The van der Waals surface area contributed by atoms with Crippen LogP contribution < -0.4 is 0 Å². The van der Waals surface area contributed by atoms with Crippen LogP contribution >= 0.6 is 11.8 Å². The Balaban J connectivity index is 1.98. The van der Waals surface area contributed by atoms with Crippen molar-refractivity contribution >= 4 is 22.7 Å². The van der Waals surface area contributed by atoms with E-state index in [1.165, 1.54) is 6.07 Å². The molecule has 0 amide bonds. The second-order valence-corrected chi connectivity index (χ2v) is 5.36. The Kier molecular flexibility index (Phi) is 3.51. The van der Waals surface area contributed by atoms with Gasteiger partial charge in [-0.25, -0.2) is 4.39 Å². The minimum atomic E-state index is -0.891. The number of rotatable bonds is 3. The second kappa shape index (κ2) is 5.31. The summed E-state index contributed by atoms with van der Waals surface area (Å²) in [5.41, 5.74) is 0.907. The third-order valence-corrected chi connectivity index (χ3v) is 3.96. The van der Waals surface area contributed by atoms with Gasteiger partial charge in [-0.3, -0.25) is 0 Å². The smallest absolute Gasteiger partial charge is 0.170 e. The molecular weight excluding hydrogens is 275 g/mol. The molecule has 0 aliphatic heterocycles.